The molecule has 0 saturated carbocycles. The zero-order valence-corrected chi connectivity index (χ0v) is 16.9. The first-order chi connectivity index (χ1) is 14.0. The molecule has 1 heterocycles. The van der Waals surface area contributed by atoms with Crippen LogP contribution in [0.4, 0.5) is 5.69 Å². The number of anilines is 1. The Morgan fingerprint density at radius 2 is 1.83 bits per heavy atom. The van der Waals surface area contributed by atoms with Crippen LogP contribution in [-0.2, 0) is 9.53 Å². The second kappa shape index (κ2) is 9.16. The Morgan fingerprint density at radius 1 is 1.07 bits per heavy atom. The summed E-state index contributed by atoms with van der Waals surface area (Å²) >= 11 is 3.38. The number of hydrogen-bond acceptors (Lipinski definition) is 5. The van der Waals surface area contributed by atoms with Crippen LogP contribution in [0.1, 0.15) is 20.8 Å². The number of halogens is 1. The molecule has 0 bridgehead atoms. The molecule has 0 aliphatic carbocycles. The summed E-state index contributed by atoms with van der Waals surface area (Å²) in [6, 6.07) is 15.6. The van der Waals surface area contributed by atoms with Gasteiger partial charge in [-0.2, -0.15) is 5.10 Å². The van der Waals surface area contributed by atoms with Crippen LogP contribution in [0.3, 0.4) is 0 Å². The molecule has 148 valence electrons. The van der Waals surface area contributed by atoms with Gasteiger partial charge in [-0.05, 0) is 36.4 Å². The lowest BCUT2D eigenvalue weighted by Gasteiger charge is -2.07. The van der Waals surface area contributed by atoms with E-state index < -0.39 is 17.8 Å². The van der Waals surface area contributed by atoms with Gasteiger partial charge < -0.3 is 15.4 Å². The number of nitrogens with zero attached hydrogens (tertiary/aromatic N) is 1. The Hall–Kier alpha value is -3.46. The minimum atomic E-state index is -0.552. The number of aromatic nitrogens is 2. The molecule has 0 saturated heterocycles. The van der Waals surface area contributed by atoms with Gasteiger partial charge in [0.25, 0.3) is 11.8 Å². The highest BCUT2D eigenvalue weighted by Gasteiger charge is 2.13. The van der Waals surface area contributed by atoms with Crippen LogP contribution in [0.2, 0.25) is 0 Å². The van der Waals surface area contributed by atoms with Gasteiger partial charge in [0.15, 0.2) is 0 Å². The highest BCUT2D eigenvalue weighted by Crippen LogP contribution is 2.21. The molecular formula is C20H17BrN4O4. The molecule has 0 unspecified atom stereocenters. The molecule has 0 fully saturated rings. The predicted octanol–water partition coefficient (Wildman–Crippen LogP) is 2.99. The van der Waals surface area contributed by atoms with Crippen LogP contribution in [-0.4, -0.2) is 41.6 Å². The lowest BCUT2D eigenvalue weighted by molar-refractivity contribution is -0.139. The van der Waals surface area contributed by atoms with Gasteiger partial charge in [-0.25, -0.2) is 0 Å². The van der Waals surface area contributed by atoms with E-state index >= 15 is 0 Å². The molecule has 0 aliphatic heterocycles. The highest BCUT2D eigenvalue weighted by atomic mass is 79.9. The smallest absolute Gasteiger partial charge is 0.325 e. The van der Waals surface area contributed by atoms with Gasteiger partial charge in [0.05, 0.1) is 12.8 Å². The van der Waals surface area contributed by atoms with Crippen LogP contribution in [0.15, 0.2) is 59.1 Å². The van der Waals surface area contributed by atoms with Gasteiger partial charge in [0.1, 0.15) is 12.2 Å². The SMILES string of the molecule is COC(=O)CNC(=O)c1cccc(NC(=O)c2cc(-c3ccc(Br)cc3)n[nH]2)c1. The summed E-state index contributed by atoms with van der Waals surface area (Å²) in [4.78, 5) is 35.7. The number of esters is 1. The van der Waals surface area contributed by atoms with Crippen LogP contribution >= 0.6 is 15.9 Å². The Morgan fingerprint density at radius 3 is 2.55 bits per heavy atom. The van der Waals surface area contributed by atoms with Crippen molar-refractivity contribution in [3.8, 4) is 11.3 Å². The lowest BCUT2D eigenvalue weighted by atomic mass is 10.1. The fourth-order valence-electron chi connectivity index (χ4n) is 2.47. The van der Waals surface area contributed by atoms with Gasteiger partial charge in [-0.15, -0.1) is 0 Å². The van der Waals surface area contributed by atoms with Crippen molar-refractivity contribution in [3.05, 3.63) is 70.3 Å². The molecule has 0 aliphatic rings. The summed E-state index contributed by atoms with van der Waals surface area (Å²) in [5.41, 5.74) is 2.52. The quantitative estimate of drug-likeness (QED) is 0.493. The number of methoxy groups -OCH3 is 1. The average molecular weight is 457 g/mol. The van der Waals surface area contributed by atoms with E-state index in [2.05, 4.69) is 41.5 Å². The molecule has 3 aromatic rings. The number of nitrogens with one attached hydrogen (secondary N) is 3. The minimum Gasteiger partial charge on any atom is -0.468 e. The Labute approximate surface area is 174 Å². The van der Waals surface area contributed by atoms with Crippen LogP contribution in [0.5, 0.6) is 0 Å². The minimum absolute atomic E-state index is 0.237. The molecule has 2 amide bonds. The third-order valence-electron chi connectivity index (χ3n) is 3.97. The van der Waals surface area contributed by atoms with Gasteiger partial charge in [0, 0.05) is 21.3 Å². The van der Waals surface area contributed by atoms with Gasteiger partial charge in [0.2, 0.25) is 0 Å². The Balaban J connectivity index is 1.67. The first-order valence-electron chi connectivity index (χ1n) is 8.54. The molecular weight excluding hydrogens is 440 g/mol. The number of amides is 2. The highest BCUT2D eigenvalue weighted by molar-refractivity contribution is 9.10. The topological polar surface area (TPSA) is 113 Å². The summed E-state index contributed by atoms with van der Waals surface area (Å²) in [7, 11) is 1.24. The molecule has 8 nitrogen and oxygen atoms in total. The number of aromatic amines is 1. The van der Waals surface area contributed by atoms with Crippen molar-refractivity contribution < 1.29 is 19.1 Å². The lowest BCUT2D eigenvalue weighted by Crippen LogP contribution is -2.30. The first-order valence-corrected chi connectivity index (χ1v) is 9.33. The van der Waals surface area contributed by atoms with Gasteiger partial charge >= 0.3 is 5.97 Å². The van der Waals surface area contributed by atoms with E-state index in [-0.39, 0.29) is 12.2 Å². The largest absolute Gasteiger partial charge is 0.468 e. The number of hydrogen-bond donors (Lipinski definition) is 3. The normalized spacial score (nSPS) is 10.3. The molecule has 9 heteroatoms. The van der Waals surface area contributed by atoms with E-state index in [0.29, 0.717) is 16.9 Å². The number of H-pyrrole nitrogens is 1. The van der Waals surface area contributed by atoms with Crippen molar-refractivity contribution in [2.75, 3.05) is 19.0 Å². The third-order valence-corrected chi connectivity index (χ3v) is 4.49. The standard InChI is InChI=1S/C20H17BrN4O4/c1-29-18(26)11-22-19(27)13-3-2-4-15(9-13)23-20(28)17-10-16(24-25-17)12-5-7-14(21)8-6-12/h2-10H,11H2,1H3,(H,22,27)(H,23,28)(H,24,25). The van der Waals surface area contributed by atoms with Crippen molar-refractivity contribution in [2.45, 2.75) is 0 Å². The van der Waals surface area contributed by atoms with E-state index in [1.54, 1.807) is 24.3 Å². The van der Waals surface area contributed by atoms with Gasteiger partial charge in [-0.3, -0.25) is 19.5 Å². The summed E-state index contributed by atoms with van der Waals surface area (Å²) in [5.74, 6) is -1.40. The van der Waals surface area contributed by atoms with Gasteiger partial charge in [-0.1, -0.05) is 34.1 Å². The number of carbonyl (C=O) groups excluding carboxylic acids is 3. The van der Waals surface area contributed by atoms with Crippen molar-refractivity contribution >= 4 is 39.4 Å². The maximum absolute atomic E-state index is 12.5. The summed E-state index contributed by atoms with van der Waals surface area (Å²) in [5, 5.41) is 12.0. The third kappa shape index (κ3) is 5.29. The molecule has 3 N–H and O–H groups in total. The molecule has 3 rings (SSSR count). The summed E-state index contributed by atoms with van der Waals surface area (Å²) in [6.45, 7) is -0.237. The van der Waals surface area contributed by atoms with Crippen molar-refractivity contribution in [2.24, 2.45) is 0 Å². The number of rotatable bonds is 6. The molecule has 1 aromatic heterocycles. The number of ether oxygens (including phenoxy) is 1. The second-order valence-corrected chi connectivity index (χ2v) is 6.88. The van der Waals surface area contributed by atoms with Crippen molar-refractivity contribution in [1.29, 1.82) is 0 Å². The van der Waals surface area contributed by atoms with Crippen LogP contribution in [0, 0.1) is 0 Å². The zero-order valence-electron chi connectivity index (χ0n) is 15.4. The summed E-state index contributed by atoms with van der Waals surface area (Å²) < 4.78 is 5.43. The number of benzene rings is 2. The number of carbonyl (C=O) groups is 3. The van der Waals surface area contributed by atoms with E-state index in [1.807, 2.05) is 24.3 Å². The van der Waals surface area contributed by atoms with Crippen molar-refractivity contribution in [1.82, 2.24) is 15.5 Å². The molecule has 2 aromatic carbocycles. The fourth-order valence-corrected chi connectivity index (χ4v) is 2.73. The maximum atomic E-state index is 12.5. The van der Waals surface area contributed by atoms with Crippen molar-refractivity contribution in [3.63, 3.8) is 0 Å². The monoisotopic (exact) mass is 456 g/mol. The Bertz CT molecular complexity index is 1050. The predicted molar refractivity (Wildman–Crippen MR) is 110 cm³/mol. The maximum Gasteiger partial charge on any atom is 0.325 e. The summed E-state index contributed by atoms with van der Waals surface area (Å²) in [6.07, 6.45) is 0. The van der Waals surface area contributed by atoms with E-state index in [0.717, 1.165) is 10.0 Å². The zero-order chi connectivity index (χ0) is 20.8. The molecule has 0 atom stereocenters. The molecule has 0 spiro atoms. The van der Waals surface area contributed by atoms with Crippen LogP contribution in [0.25, 0.3) is 11.3 Å². The van der Waals surface area contributed by atoms with E-state index in [1.165, 1.54) is 13.2 Å². The Kier molecular flexibility index (Phi) is 6.40. The first kappa shape index (κ1) is 20.3. The molecule has 29 heavy (non-hydrogen) atoms. The van der Waals surface area contributed by atoms with E-state index in [9.17, 15) is 14.4 Å². The van der Waals surface area contributed by atoms with E-state index in [4.69, 9.17) is 0 Å². The second-order valence-electron chi connectivity index (χ2n) is 5.97. The fraction of sp³-hybridized carbons (Fsp3) is 0.100. The molecule has 0 radical (unpaired) electrons. The van der Waals surface area contributed by atoms with Crippen LogP contribution < -0.4 is 10.6 Å². The average Bonchev–Trinajstić information content (AvgIpc) is 3.23.